The van der Waals surface area contributed by atoms with Crippen molar-refractivity contribution in [1.82, 2.24) is 34.4 Å². The molecule has 178 valence electrons. The second-order valence-electron chi connectivity index (χ2n) is 7.87. The highest BCUT2D eigenvalue weighted by molar-refractivity contribution is 5.84. The molecular weight excluding hydrogens is 465 g/mol. The number of H-pyrrole nitrogens is 1. The molecule has 3 aromatic heterocycles. The lowest BCUT2D eigenvalue weighted by molar-refractivity contribution is -0.148. The summed E-state index contributed by atoms with van der Waals surface area (Å²) < 4.78 is 70.0. The van der Waals surface area contributed by atoms with Gasteiger partial charge < -0.3 is 14.7 Å². The molecule has 0 amide bonds. The highest BCUT2D eigenvalue weighted by Gasteiger charge is 2.39. The first-order valence-electron chi connectivity index (χ1n) is 10.0. The lowest BCUT2D eigenvalue weighted by Gasteiger charge is -2.27. The molecule has 1 aromatic carbocycles. The Kier molecular flexibility index (Phi) is 4.93. The summed E-state index contributed by atoms with van der Waals surface area (Å²) in [6.07, 6.45) is -4.62. The molecule has 0 saturated carbocycles. The Morgan fingerprint density at radius 1 is 1.15 bits per heavy atom. The topological polar surface area (TPSA) is 105 Å². The van der Waals surface area contributed by atoms with Crippen LogP contribution < -0.4 is 5.43 Å². The molecule has 4 heterocycles. The zero-order chi connectivity index (χ0) is 24.4. The van der Waals surface area contributed by atoms with Gasteiger partial charge in [0, 0.05) is 26.7 Å². The fourth-order valence-corrected chi connectivity index (χ4v) is 4.16. The van der Waals surface area contributed by atoms with Crippen molar-refractivity contribution in [2.24, 2.45) is 7.05 Å². The van der Waals surface area contributed by atoms with E-state index in [1.165, 1.54) is 11.7 Å². The molecule has 0 unspecified atom stereocenters. The minimum absolute atomic E-state index is 0.00326. The first-order chi connectivity index (χ1) is 16.1. The highest BCUT2D eigenvalue weighted by atomic mass is 19.4. The van der Waals surface area contributed by atoms with Crippen molar-refractivity contribution in [2.45, 2.75) is 25.8 Å². The van der Waals surface area contributed by atoms with E-state index in [0.717, 1.165) is 22.8 Å². The monoisotopic (exact) mass is 481 g/mol. The number of benzene rings is 1. The second kappa shape index (κ2) is 7.62. The number of nitrogens with zero attached hydrogens (tertiary/aromatic N) is 6. The number of hydrogen-bond donors (Lipinski definition) is 2. The molecule has 0 spiro atoms. The van der Waals surface area contributed by atoms with Crippen LogP contribution >= 0.6 is 0 Å². The summed E-state index contributed by atoms with van der Waals surface area (Å²) in [5.41, 5.74) is -1.53. The fraction of sp³-hybridized carbons (Fsp3) is 0.300. The predicted octanol–water partition coefficient (Wildman–Crippen LogP) is 2.54. The van der Waals surface area contributed by atoms with Crippen molar-refractivity contribution in [3.05, 3.63) is 57.4 Å². The second-order valence-corrected chi connectivity index (χ2v) is 7.87. The van der Waals surface area contributed by atoms with Gasteiger partial charge in [-0.3, -0.25) is 14.4 Å². The summed E-state index contributed by atoms with van der Waals surface area (Å²) in [5.74, 6) is -3.77. The summed E-state index contributed by atoms with van der Waals surface area (Å²) in [4.78, 5) is 17.4. The average molecular weight is 481 g/mol. The minimum Gasteiger partial charge on any atom is -0.503 e. The van der Waals surface area contributed by atoms with Crippen LogP contribution in [0.15, 0.2) is 23.0 Å². The summed E-state index contributed by atoms with van der Waals surface area (Å²) in [6, 6.07) is 3.14. The van der Waals surface area contributed by atoms with Crippen LogP contribution in [0.5, 0.6) is 5.75 Å². The van der Waals surface area contributed by atoms with Gasteiger partial charge in [0.15, 0.2) is 5.75 Å². The van der Waals surface area contributed by atoms with E-state index in [0.29, 0.717) is 0 Å². The quantitative estimate of drug-likeness (QED) is 0.436. The maximum absolute atomic E-state index is 14.3. The summed E-state index contributed by atoms with van der Waals surface area (Å²) >= 11 is 0. The molecule has 4 aromatic rings. The number of alkyl halides is 3. The molecule has 5 rings (SSSR count). The minimum atomic E-state index is -4.62. The number of pyridine rings is 1. The van der Waals surface area contributed by atoms with Gasteiger partial charge in [0.1, 0.15) is 23.1 Å². The molecule has 2 N–H and O–H groups in total. The molecule has 9 nitrogen and oxygen atoms in total. The number of aromatic hydroxyl groups is 1. The van der Waals surface area contributed by atoms with Gasteiger partial charge in [-0.1, -0.05) is 6.07 Å². The van der Waals surface area contributed by atoms with Crippen LogP contribution in [0, 0.1) is 11.6 Å². The number of aromatic nitrogens is 6. The van der Waals surface area contributed by atoms with E-state index in [9.17, 15) is 31.9 Å². The van der Waals surface area contributed by atoms with Crippen molar-refractivity contribution in [2.75, 3.05) is 6.54 Å². The summed E-state index contributed by atoms with van der Waals surface area (Å²) in [7, 11) is 1.50. The third-order valence-corrected chi connectivity index (χ3v) is 5.71. The third kappa shape index (κ3) is 3.41. The van der Waals surface area contributed by atoms with E-state index in [2.05, 4.69) is 20.3 Å². The number of nitrogens with one attached hydrogen (secondary N) is 1. The maximum Gasteiger partial charge on any atom is 0.451 e. The number of fused-ring (bicyclic) bond motifs is 2. The van der Waals surface area contributed by atoms with Gasteiger partial charge in [-0.25, -0.2) is 8.78 Å². The van der Waals surface area contributed by atoms with Gasteiger partial charge in [-0.2, -0.15) is 18.3 Å². The number of hydrogen-bond acceptors (Lipinski definition) is 6. The molecule has 14 heteroatoms. The van der Waals surface area contributed by atoms with Crippen LogP contribution in [-0.2, 0) is 32.9 Å². The Labute approximate surface area is 187 Å². The molecule has 1 aliphatic heterocycles. The number of rotatable bonds is 3. The van der Waals surface area contributed by atoms with Gasteiger partial charge in [-0.15, -0.1) is 10.2 Å². The first kappa shape index (κ1) is 22.0. The third-order valence-electron chi connectivity index (χ3n) is 5.71. The Hall–Kier alpha value is -3.81. The Morgan fingerprint density at radius 3 is 2.53 bits per heavy atom. The predicted molar refractivity (Wildman–Crippen MR) is 107 cm³/mol. The lowest BCUT2D eigenvalue weighted by atomic mass is 10.1. The number of aryl methyl sites for hydroxylation is 1. The molecular formula is C20H16F5N7O2. The Morgan fingerprint density at radius 2 is 1.85 bits per heavy atom. The van der Waals surface area contributed by atoms with Crippen LogP contribution in [0.2, 0.25) is 0 Å². The largest absolute Gasteiger partial charge is 0.503 e. The van der Waals surface area contributed by atoms with E-state index in [1.807, 2.05) is 0 Å². The molecule has 0 fully saturated rings. The molecule has 0 radical (unpaired) electrons. The van der Waals surface area contributed by atoms with E-state index in [4.69, 9.17) is 0 Å². The van der Waals surface area contributed by atoms with Crippen LogP contribution in [0.4, 0.5) is 22.0 Å². The van der Waals surface area contributed by atoms with Crippen LogP contribution in [0.25, 0.3) is 22.3 Å². The summed E-state index contributed by atoms with van der Waals surface area (Å²) in [6.45, 7) is 0.278. The van der Waals surface area contributed by atoms with Gasteiger partial charge in [0.2, 0.25) is 11.3 Å². The Bertz CT molecular complexity index is 1470. The highest BCUT2D eigenvalue weighted by Crippen LogP contribution is 2.32. The number of aromatic amines is 1. The van der Waals surface area contributed by atoms with Crippen LogP contribution in [0.1, 0.15) is 17.3 Å². The zero-order valence-electron chi connectivity index (χ0n) is 17.5. The average Bonchev–Trinajstić information content (AvgIpc) is 3.32. The van der Waals surface area contributed by atoms with Crippen LogP contribution in [0.3, 0.4) is 0 Å². The molecule has 0 aliphatic carbocycles. The van der Waals surface area contributed by atoms with Crippen molar-refractivity contribution < 1.29 is 27.1 Å². The molecule has 1 aliphatic rings. The van der Waals surface area contributed by atoms with Gasteiger partial charge >= 0.3 is 6.18 Å². The smallest absolute Gasteiger partial charge is 0.451 e. The van der Waals surface area contributed by atoms with Crippen molar-refractivity contribution in [3.8, 4) is 17.0 Å². The molecule has 34 heavy (non-hydrogen) atoms. The van der Waals surface area contributed by atoms with Crippen molar-refractivity contribution in [3.63, 3.8) is 0 Å². The lowest BCUT2D eigenvalue weighted by Crippen LogP contribution is -2.35. The first-order valence-corrected chi connectivity index (χ1v) is 10.0. The van der Waals surface area contributed by atoms with Crippen molar-refractivity contribution >= 4 is 11.0 Å². The summed E-state index contributed by atoms with van der Waals surface area (Å²) in [5, 5.41) is 21.6. The van der Waals surface area contributed by atoms with E-state index >= 15 is 0 Å². The maximum atomic E-state index is 14.3. The van der Waals surface area contributed by atoms with Gasteiger partial charge in [0.05, 0.1) is 28.9 Å². The van der Waals surface area contributed by atoms with Gasteiger partial charge in [0.25, 0.3) is 0 Å². The normalized spacial score (nSPS) is 14.6. The zero-order valence-corrected chi connectivity index (χ0v) is 17.5. The van der Waals surface area contributed by atoms with E-state index in [1.54, 1.807) is 4.90 Å². The SMILES string of the molecule is Cn1nc(CN2CCn3c(nnc3C(F)(F)F)C2)c2c(=O)c(O)c(-c3c(F)cccc3F)[nH]c21. The van der Waals surface area contributed by atoms with E-state index in [-0.39, 0.29) is 48.7 Å². The van der Waals surface area contributed by atoms with Crippen molar-refractivity contribution in [1.29, 1.82) is 0 Å². The Balaban J connectivity index is 1.52. The molecule has 0 bridgehead atoms. The number of halogens is 5. The van der Waals surface area contributed by atoms with E-state index < -0.39 is 46.1 Å². The fourth-order valence-electron chi connectivity index (χ4n) is 4.16. The molecule has 0 atom stereocenters. The van der Waals surface area contributed by atoms with Crippen LogP contribution in [-0.4, -0.2) is 46.1 Å². The standard InChI is InChI=1S/C20H16F5N7O2/c1-30-18-14(16(33)17(34)15(26-18)13-9(21)3-2-4-10(13)22)11(29-30)7-31-5-6-32-12(8-31)27-28-19(32)20(23,24)25/h2-4,34H,5-8H2,1H3,(H,26,33). The molecule has 0 saturated heterocycles. The van der Waals surface area contributed by atoms with Gasteiger partial charge in [-0.05, 0) is 12.1 Å².